The van der Waals surface area contributed by atoms with Crippen molar-refractivity contribution < 1.29 is 12.6 Å². The van der Waals surface area contributed by atoms with E-state index in [1.54, 1.807) is 12.1 Å². The first-order valence-electron chi connectivity index (χ1n) is 5.38. The Kier molecular flexibility index (Phi) is 5.03. The highest BCUT2D eigenvalue weighted by molar-refractivity contribution is 9.11. The third-order valence-electron chi connectivity index (χ3n) is 2.13. The van der Waals surface area contributed by atoms with Gasteiger partial charge in [0.1, 0.15) is 4.90 Å². The van der Waals surface area contributed by atoms with Crippen molar-refractivity contribution in [2.24, 2.45) is 5.41 Å². The van der Waals surface area contributed by atoms with Gasteiger partial charge in [0.05, 0.1) is 6.61 Å². The summed E-state index contributed by atoms with van der Waals surface area (Å²) in [5.41, 5.74) is 0.748. The standard InChI is InChI=1S/C12H16Br2O3S/c1-8-5-10(14)11(6-9(8)13)18(15,16)17-7-12(2,3)4/h5-6H,7H2,1-4H3. The summed E-state index contributed by atoms with van der Waals surface area (Å²) in [6, 6.07) is 3.30. The third kappa shape index (κ3) is 4.33. The maximum absolute atomic E-state index is 12.1. The number of halogens is 2. The largest absolute Gasteiger partial charge is 0.298 e. The van der Waals surface area contributed by atoms with Gasteiger partial charge in [0, 0.05) is 8.95 Å². The van der Waals surface area contributed by atoms with E-state index in [1.807, 2.05) is 27.7 Å². The molecule has 1 aromatic carbocycles. The Morgan fingerprint density at radius 2 is 1.72 bits per heavy atom. The van der Waals surface area contributed by atoms with E-state index >= 15 is 0 Å². The molecule has 0 N–H and O–H groups in total. The molecule has 0 radical (unpaired) electrons. The van der Waals surface area contributed by atoms with Crippen LogP contribution in [0.3, 0.4) is 0 Å². The van der Waals surface area contributed by atoms with Gasteiger partial charge in [0.15, 0.2) is 0 Å². The number of hydrogen-bond donors (Lipinski definition) is 0. The SMILES string of the molecule is Cc1cc(Br)c(S(=O)(=O)OCC(C)(C)C)cc1Br. The normalized spacial score (nSPS) is 12.8. The molecule has 0 heterocycles. The van der Waals surface area contributed by atoms with Gasteiger partial charge >= 0.3 is 0 Å². The summed E-state index contributed by atoms with van der Waals surface area (Å²) in [6.07, 6.45) is 0. The monoisotopic (exact) mass is 398 g/mol. The number of hydrogen-bond acceptors (Lipinski definition) is 3. The molecule has 0 saturated heterocycles. The molecular weight excluding hydrogens is 384 g/mol. The fourth-order valence-corrected chi connectivity index (χ4v) is 3.88. The van der Waals surface area contributed by atoms with E-state index in [0.29, 0.717) is 4.47 Å². The van der Waals surface area contributed by atoms with Gasteiger partial charge in [-0.2, -0.15) is 8.42 Å². The van der Waals surface area contributed by atoms with Gasteiger partial charge in [0.25, 0.3) is 10.1 Å². The summed E-state index contributed by atoms with van der Waals surface area (Å²) in [5, 5.41) is 0. The molecule has 0 bridgehead atoms. The van der Waals surface area contributed by atoms with Crippen LogP contribution in [0.1, 0.15) is 26.3 Å². The lowest BCUT2D eigenvalue weighted by atomic mass is 9.99. The molecule has 1 rings (SSSR count). The number of benzene rings is 1. The van der Waals surface area contributed by atoms with Crippen LogP contribution in [0.25, 0.3) is 0 Å². The average Bonchev–Trinajstić information content (AvgIpc) is 2.19. The molecule has 6 heteroatoms. The van der Waals surface area contributed by atoms with E-state index in [1.165, 1.54) is 0 Å². The molecule has 0 aliphatic heterocycles. The van der Waals surface area contributed by atoms with Gasteiger partial charge < -0.3 is 0 Å². The zero-order valence-corrected chi connectivity index (χ0v) is 14.7. The molecule has 0 aliphatic carbocycles. The quantitative estimate of drug-likeness (QED) is 0.712. The van der Waals surface area contributed by atoms with E-state index in [9.17, 15) is 8.42 Å². The van der Waals surface area contributed by atoms with Crippen molar-refractivity contribution in [3.63, 3.8) is 0 Å². The maximum Gasteiger partial charge on any atom is 0.298 e. The second-order valence-corrected chi connectivity index (χ2v) is 8.60. The molecule has 0 spiro atoms. The highest BCUT2D eigenvalue weighted by Gasteiger charge is 2.23. The summed E-state index contributed by atoms with van der Waals surface area (Å²) in [5.74, 6) is 0. The minimum atomic E-state index is -3.74. The number of aryl methyl sites for hydroxylation is 1. The van der Waals surface area contributed by atoms with Crippen LogP contribution in [0, 0.1) is 12.3 Å². The van der Waals surface area contributed by atoms with Crippen LogP contribution in [0.4, 0.5) is 0 Å². The molecule has 0 fully saturated rings. The molecule has 0 aromatic heterocycles. The van der Waals surface area contributed by atoms with Crippen molar-refractivity contribution >= 4 is 42.0 Å². The summed E-state index contributed by atoms with van der Waals surface area (Å²) in [4.78, 5) is 0.143. The topological polar surface area (TPSA) is 43.4 Å². The Morgan fingerprint density at radius 1 is 1.17 bits per heavy atom. The predicted molar refractivity (Wildman–Crippen MR) is 79.2 cm³/mol. The minimum Gasteiger partial charge on any atom is -0.266 e. The van der Waals surface area contributed by atoms with Crippen molar-refractivity contribution in [3.8, 4) is 0 Å². The van der Waals surface area contributed by atoms with Gasteiger partial charge in [-0.1, -0.05) is 36.7 Å². The van der Waals surface area contributed by atoms with E-state index in [2.05, 4.69) is 31.9 Å². The lowest BCUT2D eigenvalue weighted by Gasteiger charge is -2.18. The summed E-state index contributed by atoms with van der Waals surface area (Å²) >= 11 is 6.58. The van der Waals surface area contributed by atoms with Crippen molar-refractivity contribution in [2.45, 2.75) is 32.6 Å². The zero-order valence-electron chi connectivity index (χ0n) is 10.8. The van der Waals surface area contributed by atoms with Crippen LogP contribution >= 0.6 is 31.9 Å². The van der Waals surface area contributed by atoms with Crippen molar-refractivity contribution in [1.82, 2.24) is 0 Å². The minimum absolute atomic E-state index is 0.143. The second-order valence-electron chi connectivity index (χ2n) is 5.31. The molecule has 18 heavy (non-hydrogen) atoms. The smallest absolute Gasteiger partial charge is 0.266 e. The molecule has 0 amide bonds. The molecule has 3 nitrogen and oxygen atoms in total. The molecule has 0 atom stereocenters. The first kappa shape index (κ1) is 16.1. The Balaban J connectivity index is 3.10. The Labute approximate surface area is 125 Å². The van der Waals surface area contributed by atoms with Crippen LogP contribution in [-0.2, 0) is 14.3 Å². The first-order valence-corrected chi connectivity index (χ1v) is 8.37. The van der Waals surface area contributed by atoms with Crippen LogP contribution in [0.15, 0.2) is 26.0 Å². The molecule has 0 saturated carbocycles. The summed E-state index contributed by atoms with van der Waals surface area (Å²) in [7, 11) is -3.74. The summed E-state index contributed by atoms with van der Waals surface area (Å²) < 4.78 is 30.5. The van der Waals surface area contributed by atoms with E-state index in [0.717, 1.165) is 10.0 Å². The fraction of sp³-hybridized carbons (Fsp3) is 0.500. The van der Waals surface area contributed by atoms with Crippen LogP contribution in [0.2, 0.25) is 0 Å². The van der Waals surface area contributed by atoms with Gasteiger partial charge in [-0.05, 0) is 46.0 Å². The average molecular weight is 400 g/mol. The van der Waals surface area contributed by atoms with Gasteiger partial charge in [-0.15, -0.1) is 0 Å². The van der Waals surface area contributed by atoms with Crippen molar-refractivity contribution in [3.05, 3.63) is 26.6 Å². The highest BCUT2D eigenvalue weighted by Crippen LogP contribution is 2.30. The van der Waals surface area contributed by atoms with Crippen LogP contribution in [-0.4, -0.2) is 15.0 Å². The van der Waals surface area contributed by atoms with Gasteiger partial charge in [-0.3, -0.25) is 4.18 Å². The summed E-state index contributed by atoms with van der Waals surface area (Å²) in [6.45, 7) is 7.79. The maximum atomic E-state index is 12.1. The Bertz CT molecular complexity index is 545. The zero-order chi connectivity index (χ0) is 14.1. The molecule has 1 aromatic rings. The van der Waals surface area contributed by atoms with E-state index in [4.69, 9.17) is 4.18 Å². The molecule has 102 valence electrons. The van der Waals surface area contributed by atoms with Gasteiger partial charge in [-0.25, -0.2) is 0 Å². The van der Waals surface area contributed by atoms with E-state index in [-0.39, 0.29) is 16.9 Å². The Morgan fingerprint density at radius 3 is 2.22 bits per heavy atom. The third-order valence-corrected chi connectivity index (χ3v) is 5.21. The van der Waals surface area contributed by atoms with E-state index < -0.39 is 10.1 Å². The second kappa shape index (κ2) is 5.61. The Hall–Kier alpha value is 0.0900. The van der Waals surface area contributed by atoms with Gasteiger partial charge in [0.2, 0.25) is 0 Å². The lowest BCUT2D eigenvalue weighted by Crippen LogP contribution is -2.19. The van der Waals surface area contributed by atoms with Crippen LogP contribution < -0.4 is 0 Å². The molecule has 0 aliphatic rings. The molecular formula is C12H16Br2O3S. The lowest BCUT2D eigenvalue weighted by molar-refractivity contribution is 0.203. The van der Waals surface area contributed by atoms with Crippen molar-refractivity contribution in [2.75, 3.05) is 6.61 Å². The molecule has 0 unspecified atom stereocenters. The fourth-order valence-electron chi connectivity index (χ4n) is 1.14. The first-order chi connectivity index (χ1) is 8.03. The van der Waals surface area contributed by atoms with Crippen molar-refractivity contribution in [1.29, 1.82) is 0 Å². The predicted octanol–water partition coefficient (Wildman–Crippen LogP) is 4.27. The number of rotatable bonds is 3. The van der Waals surface area contributed by atoms with Crippen LogP contribution in [0.5, 0.6) is 0 Å². The highest BCUT2D eigenvalue weighted by atomic mass is 79.9.